The zero-order chi connectivity index (χ0) is 14.7. The van der Waals surface area contributed by atoms with Gasteiger partial charge in [0.25, 0.3) is 5.89 Å². The Morgan fingerprint density at radius 3 is 2.86 bits per heavy atom. The van der Waals surface area contributed by atoms with Gasteiger partial charge in [-0.2, -0.15) is 4.98 Å². The average Bonchev–Trinajstić information content (AvgIpc) is 2.99. The van der Waals surface area contributed by atoms with Gasteiger partial charge in [-0.15, -0.1) is 0 Å². The van der Waals surface area contributed by atoms with Gasteiger partial charge < -0.3 is 15.0 Å². The fourth-order valence-electron chi connectivity index (χ4n) is 2.14. The molecular weight excluding hydrogens is 277 g/mol. The van der Waals surface area contributed by atoms with Crippen molar-refractivity contribution in [2.24, 2.45) is 5.73 Å². The van der Waals surface area contributed by atoms with Crippen molar-refractivity contribution < 1.29 is 13.7 Å². The maximum absolute atomic E-state index is 12.8. The van der Waals surface area contributed by atoms with Crippen LogP contribution in [0.3, 0.4) is 0 Å². The number of aromatic nitrogens is 3. The Hall–Kier alpha value is -1.90. The van der Waals surface area contributed by atoms with E-state index in [1.165, 1.54) is 12.1 Å². The average molecular weight is 293 g/mol. The third-order valence-electron chi connectivity index (χ3n) is 3.28. The van der Waals surface area contributed by atoms with Crippen molar-refractivity contribution in [3.63, 3.8) is 0 Å². The van der Waals surface area contributed by atoms with E-state index in [2.05, 4.69) is 20.0 Å². The standard InChI is InChI=1S/C13H16FN5O2/c14-9-1-2-11(16-7-9)13-17-12(18-21-13)10(15)8-19-3-5-20-6-4-19/h1-2,7,10H,3-6,8,15H2. The van der Waals surface area contributed by atoms with E-state index in [-0.39, 0.29) is 11.9 Å². The molecule has 0 saturated carbocycles. The molecule has 1 atom stereocenters. The monoisotopic (exact) mass is 293 g/mol. The molecule has 1 aliphatic rings. The molecule has 0 radical (unpaired) electrons. The van der Waals surface area contributed by atoms with Crippen LogP contribution in [0.2, 0.25) is 0 Å². The van der Waals surface area contributed by atoms with Crippen LogP contribution in [-0.4, -0.2) is 52.9 Å². The van der Waals surface area contributed by atoms with Gasteiger partial charge in [-0.05, 0) is 12.1 Å². The van der Waals surface area contributed by atoms with E-state index in [0.717, 1.165) is 19.3 Å². The first kappa shape index (κ1) is 14.1. The molecule has 2 aromatic rings. The van der Waals surface area contributed by atoms with Crippen molar-refractivity contribution in [2.75, 3.05) is 32.8 Å². The Bertz CT molecular complexity index is 583. The fraction of sp³-hybridized carbons (Fsp3) is 0.462. The van der Waals surface area contributed by atoms with Crippen LogP contribution in [0.15, 0.2) is 22.9 Å². The van der Waals surface area contributed by atoms with Gasteiger partial charge in [-0.1, -0.05) is 5.16 Å². The van der Waals surface area contributed by atoms with Gasteiger partial charge in [0.15, 0.2) is 5.82 Å². The molecule has 3 rings (SSSR count). The summed E-state index contributed by atoms with van der Waals surface area (Å²) in [7, 11) is 0. The molecule has 1 unspecified atom stereocenters. The molecule has 21 heavy (non-hydrogen) atoms. The Morgan fingerprint density at radius 1 is 1.33 bits per heavy atom. The van der Waals surface area contributed by atoms with E-state index in [1.807, 2.05) is 0 Å². The summed E-state index contributed by atoms with van der Waals surface area (Å²) in [5.74, 6) is 0.243. The summed E-state index contributed by atoms with van der Waals surface area (Å²) in [4.78, 5) is 10.3. The molecule has 1 aliphatic heterocycles. The number of hydrogen-bond donors (Lipinski definition) is 1. The lowest BCUT2D eigenvalue weighted by atomic mass is 10.2. The lowest BCUT2D eigenvalue weighted by Gasteiger charge is -2.27. The third kappa shape index (κ3) is 3.41. The largest absolute Gasteiger partial charge is 0.379 e. The highest BCUT2D eigenvalue weighted by Gasteiger charge is 2.20. The van der Waals surface area contributed by atoms with Crippen molar-refractivity contribution in [1.29, 1.82) is 0 Å². The van der Waals surface area contributed by atoms with Crippen molar-refractivity contribution in [1.82, 2.24) is 20.0 Å². The van der Waals surface area contributed by atoms with Crippen LogP contribution in [0.25, 0.3) is 11.6 Å². The van der Waals surface area contributed by atoms with Gasteiger partial charge in [0.2, 0.25) is 0 Å². The van der Waals surface area contributed by atoms with Gasteiger partial charge in [-0.25, -0.2) is 9.37 Å². The summed E-state index contributed by atoms with van der Waals surface area (Å²) >= 11 is 0. The van der Waals surface area contributed by atoms with Crippen molar-refractivity contribution in [3.05, 3.63) is 30.0 Å². The SMILES string of the molecule is NC(CN1CCOCC1)c1noc(-c2ccc(F)cn2)n1. The highest BCUT2D eigenvalue weighted by molar-refractivity contribution is 5.45. The van der Waals surface area contributed by atoms with E-state index in [1.54, 1.807) is 0 Å². The van der Waals surface area contributed by atoms with Gasteiger partial charge in [0.1, 0.15) is 11.5 Å². The summed E-state index contributed by atoms with van der Waals surface area (Å²) in [5, 5.41) is 3.88. The molecule has 8 heteroatoms. The summed E-state index contributed by atoms with van der Waals surface area (Å²) < 4.78 is 23.3. The maximum Gasteiger partial charge on any atom is 0.276 e. The lowest BCUT2D eigenvalue weighted by molar-refractivity contribution is 0.0348. The van der Waals surface area contributed by atoms with Crippen LogP contribution in [-0.2, 0) is 4.74 Å². The minimum atomic E-state index is -0.414. The van der Waals surface area contributed by atoms with E-state index >= 15 is 0 Å². The Kier molecular flexibility index (Phi) is 4.18. The van der Waals surface area contributed by atoms with Crippen LogP contribution in [0.1, 0.15) is 11.9 Å². The minimum absolute atomic E-state index is 0.238. The number of hydrogen-bond acceptors (Lipinski definition) is 7. The third-order valence-corrected chi connectivity index (χ3v) is 3.28. The van der Waals surface area contributed by atoms with E-state index in [9.17, 15) is 4.39 Å². The van der Waals surface area contributed by atoms with Crippen LogP contribution in [0.5, 0.6) is 0 Å². The molecule has 1 saturated heterocycles. The molecule has 112 valence electrons. The summed E-state index contributed by atoms with van der Waals surface area (Å²) in [5.41, 5.74) is 6.52. The van der Waals surface area contributed by atoms with Gasteiger partial charge in [-0.3, -0.25) is 4.90 Å². The topological polar surface area (TPSA) is 90.3 Å². The summed E-state index contributed by atoms with van der Waals surface area (Å²) in [6.45, 7) is 3.75. The Labute approximate surface area is 120 Å². The molecular formula is C13H16FN5O2. The van der Waals surface area contributed by atoms with Crippen molar-refractivity contribution in [2.45, 2.75) is 6.04 Å². The number of nitrogens with zero attached hydrogens (tertiary/aromatic N) is 4. The first-order valence-corrected chi connectivity index (χ1v) is 6.73. The predicted molar refractivity (Wildman–Crippen MR) is 71.7 cm³/mol. The molecule has 2 N–H and O–H groups in total. The number of halogens is 1. The summed E-state index contributed by atoms with van der Waals surface area (Å²) in [6, 6.07) is 2.43. The van der Waals surface area contributed by atoms with Gasteiger partial charge >= 0.3 is 0 Å². The molecule has 0 bridgehead atoms. The van der Waals surface area contributed by atoms with Crippen molar-refractivity contribution in [3.8, 4) is 11.6 Å². The highest BCUT2D eigenvalue weighted by atomic mass is 19.1. The highest BCUT2D eigenvalue weighted by Crippen LogP contribution is 2.17. The molecule has 0 aromatic carbocycles. The van der Waals surface area contributed by atoms with Crippen molar-refractivity contribution >= 4 is 0 Å². The second-order valence-corrected chi connectivity index (χ2v) is 4.84. The fourth-order valence-corrected chi connectivity index (χ4v) is 2.14. The zero-order valence-electron chi connectivity index (χ0n) is 11.4. The van der Waals surface area contributed by atoms with Crippen LogP contribution in [0, 0.1) is 5.82 Å². The Balaban J connectivity index is 1.67. The normalized spacial score (nSPS) is 17.8. The van der Waals surface area contributed by atoms with E-state index in [0.29, 0.717) is 31.3 Å². The number of morpholine rings is 1. The van der Waals surface area contributed by atoms with E-state index < -0.39 is 5.82 Å². The zero-order valence-corrected chi connectivity index (χ0v) is 11.4. The second kappa shape index (κ2) is 6.25. The molecule has 7 nitrogen and oxygen atoms in total. The lowest BCUT2D eigenvalue weighted by Crippen LogP contribution is -2.40. The van der Waals surface area contributed by atoms with E-state index in [4.69, 9.17) is 15.0 Å². The number of ether oxygens (including phenoxy) is 1. The number of nitrogens with two attached hydrogens (primary N) is 1. The smallest absolute Gasteiger partial charge is 0.276 e. The predicted octanol–water partition coefficient (Wildman–Crippen LogP) is 0.603. The first-order valence-electron chi connectivity index (χ1n) is 6.73. The van der Waals surface area contributed by atoms with Gasteiger partial charge in [0, 0.05) is 19.6 Å². The van der Waals surface area contributed by atoms with Crippen LogP contribution >= 0.6 is 0 Å². The van der Waals surface area contributed by atoms with Gasteiger partial charge in [0.05, 0.1) is 25.5 Å². The first-order chi connectivity index (χ1) is 10.2. The quantitative estimate of drug-likeness (QED) is 0.882. The molecule has 0 amide bonds. The summed E-state index contributed by atoms with van der Waals surface area (Å²) in [6.07, 6.45) is 1.10. The minimum Gasteiger partial charge on any atom is -0.379 e. The van der Waals surface area contributed by atoms with Crippen LogP contribution in [0.4, 0.5) is 4.39 Å². The van der Waals surface area contributed by atoms with Crippen LogP contribution < -0.4 is 5.73 Å². The Morgan fingerprint density at radius 2 is 2.14 bits per heavy atom. The molecule has 0 aliphatic carbocycles. The number of rotatable bonds is 4. The number of pyridine rings is 1. The molecule has 0 spiro atoms. The second-order valence-electron chi connectivity index (χ2n) is 4.84. The molecule has 1 fully saturated rings. The maximum atomic E-state index is 12.8. The molecule has 3 heterocycles. The molecule has 2 aromatic heterocycles.